The molecule has 0 bridgehead atoms. The molecule has 144 valence electrons. The maximum atomic E-state index is 12.3. The molecule has 1 unspecified atom stereocenters. The smallest absolute Gasteiger partial charge is 0.343 e. The van der Waals surface area contributed by atoms with Gasteiger partial charge in [-0.3, -0.25) is 0 Å². The SMILES string of the molecule is COC(=O)C1=C(C)N(C)C(=O)NC1c1ccc(OC(=O)c2ccccc2)cc1. The zero-order chi connectivity index (χ0) is 20.3. The largest absolute Gasteiger partial charge is 0.466 e. The highest BCUT2D eigenvalue weighted by Gasteiger charge is 2.34. The molecular formula is C21H20N2O5. The van der Waals surface area contributed by atoms with Gasteiger partial charge in [0.25, 0.3) is 0 Å². The van der Waals surface area contributed by atoms with Crippen molar-refractivity contribution < 1.29 is 23.9 Å². The minimum atomic E-state index is -0.657. The van der Waals surface area contributed by atoms with Gasteiger partial charge in [0.1, 0.15) is 5.75 Å². The molecule has 7 heteroatoms. The van der Waals surface area contributed by atoms with Crippen molar-refractivity contribution >= 4 is 18.0 Å². The number of hydrogen-bond donors (Lipinski definition) is 1. The second-order valence-electron chi connectivity index (χ2n) is 6.26. The van der Waals surface area contributed by atoms with E-state index in [1.165, 1.54) is 12.0 Å². The van der Waals surface area contributed by atoms with Crippen LogP contribution in [0.2, 0.25) is 0 Å². The first-order valence-electron chi connectivity index (χ1n) is 8.63. The zero-order valence-corrected chi connectivity index (χ0v) is 15.8. The Hall–Kier alpha value is -3.61. The second kappa shape index (κ2) is 7.96. The van der Waals surface area contributed by atoms with E-state index < -0.39 is 18.0 Å². The van der Waals surface area contributed by atoms with Gasteiger partial charge >= 0.3 is 18.0 Å². The van der Waals surface area contributed by atoms with Crippen molar-refractivity contribution in [3.63, 3.8) is 0 Å². The van der Waals surface area contributed by atoms with Crippen molar-refractivity contribution in [1.29, 1.82) is 0 Å². The van der Waals surface area contributed by atoms with E-state index in [0.717, 1.165) is 0 Å². The van der Waals surface area contributed by atoms with E-state index in [1.54, 1.807) is 62.5 Å². The molecular weight excluding hydrogens is 360 g/mol. The minimum absolute atomic E-state index is 0.324. The van der Waals surface area contributed by atoms with Crippen LogP contribution in [0.5, 0.6) is 5.75 Å². The standard InChI is InChI=1S/C21H20N2O5/c1-13-17(20(25)27-3)18(22-21(26)23(13)2)14-9-11-16(12-10-14)28-19(24)15-7-5-4-6-8-15/h4-12,18H,1-3H3,(H,22,26). The van der Waals surface area contributed by atoms with Crippen molar-refractivity contribution in [1.82, 2.24) is 10.2 Å². The molecule has 28 heavy (non-hydrogen) atoms. The summed E-state index contributed by atoms with van der Waals surface area (Å²) in [6.07, 6.45) is 0. The van der Waals surface area contributed by atoms with Crippen LogP contribution >= 0.6 is 0 Å². The molecule has 1 aliphatic rings. The molecule has 0 aromatic heterocycles. The number of urea groups is 1. The van der Waals surface area contributed by atoms with Gasteiger partial charge in [0.15, 0.2) is 0 Å². The van der Waals surface area contributed by atoms with Crippen LogP contribution in [0.4, 0.5) is 4.79 Å². The van der Waals surface area contributed by atoms with E-state index >= 15 is 0 Å². The van der Waals surface area contributed by atoms with E-state index in [1.807, 2.05) is 6.07 Å². The minimum Gasteiger partial charge on any atom is -0.466 e. The fourth-order valence-corrected chi connectivity index (χ4v) is 2.93. The average molecular weight is 380 g/mol. The predicted octanol–water partition coefficient (Wildman–Crippen LogP) is 3.05. The van der Waals surface area contributed by atoms with Gasteiger partial charge in [0.2, 0.25) is 0 Å². The maximum Gasteiger partial charge on any atom is 0.343 e. The molecule has 2 amide bonds. The van der Waals surface area contributed by atoms with Gasteiger partial charge in [-0.15, -0.1) is 0 Å². The van der Waals surface area contributed by atoms with Gasteiger partial charge in [-0.05, 0) is 36.8 Å². The lowest BCUT2D eigenvalue weighted by molar-refractivity contribution is -0.136. The predicted molar refractivity (Wildman–Crippen MR) is 102 cm³/mol. The molecule has 3 rings (SSSR count). The van der Waals surface area contributed by atoms with Crippen molar-refractivity contribution in [3.05, 3.63) is 77.0 Å². The highest BCUT2D eigenvalue weighted by Crippen LogP contribution is 2.31. The van der Waals surface area contributed by atoms with Crippen LogP contribution < -0.4 is 10.1 Å². The number of allylic oxidation sites excluding steroid dienone is 1. The number of benzene rings is 2. The Morgan fingerprint density at radius 3 is 2.25 bits per heavy atom. The normalized spacial score (nSPS) is 16.5. The molecule has 0 radical (unpaired) electrons. The van der Waals surface area contributed by atoms with Crippen LogP contribution in [-0.2, 0) is 9.53 Å². The highest BCUT2D eigenvalue weighted by molar-refractivity contribution is 5.95. The first-order chi connectivity index (χ1) is 13.4. The van der Waals surface area contributed by atoms with Crippen molar-refractivity contribution in [3.8, 4) is 5.75 Å². The van der Waals surface area contributed by atoms with Gasteiger partial charge in [-0.2, -0.15) is 0 Å². The lowest BCUT2D eigenvalue weighted by Crippen LogP contribution is -2.46. The molecule has 0 saturated carbocycles. The maximum absolute atomic E-state index is 12.3. The average Bonchev–Trinajstić information content (AvgIpc) is 2.72. The molecule has 2 aromatic carbocycles. The number of ether oxygens (including phenoxy) is 2. The number of amides is 2. The first-order valence-corrected chi connectivity index (χ1v) is 8.63. The number of carbonyl (C=O) groups is 3. The van der Waals surface area contributed by atoms with E-state index in [2.05, 4.69) is 5.32 Å². The summed E-state index contributed by atoms with van der Waals surface area (Å²) in [4.78, 5) is 37.9. The molecule has 7 nitrogen and oxygen atoms in total. The molecule has 1 heterocycles. The third-order valence-corrected chi connectivity index (χ3v) is 4.59. The number of carbonyl (C=O) groups excluding carboxylic acids is 3. The van der Waals surface area contributed by atoms with E-state index in [0.29, 0.717) is 28.1 Å². The molecule has 1 N–H and O–H groups in total. The monoisotopic (exact) mass is 380 g/mol. The molecule has 1 atom stereocenters. The summed E-state index contributed by atoms with van der Waals surface area (Å²) >= 11 is 0. The van der Waals surface area contributed by atoms with Crippen LogP contribution in [0, 0.1) is 0 Å². The van der Waals surface area contributed by atoms with Crippen molar-refractivity contribution in [2.24, 2.45) is 0 Å². The van der Waals surface area contributed by atoms with E-state index in [9.17, 15) is 14.4 Å². The van der Waals surface area contributed by atoms with Crippen molar-refractivity contribution in [2.75, 3.05) is 14.2 Å². The lowest BCUT2D eigenvalue weighted by Gasteiger charge is -2.33. The van der Waals surface area contributed by atoms with E-state index in [-0.39, 0.29) is 6.03 Å². The topological polar surface area (TPSA) is 84.9 Å². The first kappa shape index (κ1) is 19.2. The van der Waals surface area contributed by atoms with Crippen molar-refractivity contribution in [2.45, 2.75) is 13.0 Å². The summed E-state index contributed by atoms with van der Waals surface area (Å²) < 4.78 is 10.2. The number of rotatable bonds is 4. The van der Waals surface area contributed by atoms with Gasteiger partial charge in [0, 0.05) is 12.7 Å². The third kappa shape index (κ3) is 3.73. The second-order valence-corrected chi connectivity index (χ2v) is 6.26. The van der Waals surface area contributed by atoms with Crippen LogP contribution in [0.15, 0.2) is 65.9 Å². The summed E-state index contributed by atoms with van der Waals surface area (Å²) in [6, 6.07) is 14.3. The summed E-state index contributed by atoms with van der Waals surface area (Å²) in [5.74, 6) is -0.627. The van der Waals surface area contributed by atoms with Crippen LogP contribution in [0.1, 0.15) is 28.9 Å². The van der Waals surface area contributed by atoms with Gasteiger partial charge < -0.3 is 19.7 Å². The summed E-state index contributed by atoms with van der Waals surface area (Å²) in [7, 11) is 2.87. The molecule has 0 aliphatic carbocycles. The summed E-state index contributed by atoms with van der Waals surface area (Å²) in [5, 5.41) is 2.78. The Balaban J connectivity index is 1.84. The van der Waals surface area contributed by atoms with Crippen LogP contribution in [0.3, 0.4) is 0 Å². The van der Waals surface area contributed by atoms with Crippen LogP contribution in [0.25, 0.3) is 0 Å². The number of hydrogen-bond acceptors (Lipinski definition) is 5. The molecule has 0 spiro atoms. The number of esters is 2. The Morgan fingerprint density at radius 1 is 1.00 bits per heavy atom. The molecule has 2 aromatic rings. The van der Waals surface area contributed by atoms with Gasteiger partial charge in [0.05, 0.1) is 24.3 Å². The molecule has 1 aliphatic heterocycles. The highest BCUT2D eigenvalue weighted by atomic mass is 16.5. The number of nitrogens with zero attached hydrogens (tertiary/aromatic N) is 1. The zero-order valence-electron chi connectivity index (χ0n) is 15.8. The third-order valence-electron chi connectivity index (χ3n) is 4.59. The Morgan fingerprint density at radius 2 is 1.64 bits per heavy atom. The quantitative estimate of drug-likeness (QED) is 0.651. The number of methoxy groups -OCH3 is 1. The number of nitrogens with one attached hydrogen (secondary N) is 1. The fraction of sp³-hybridized carbons (Fsp3) is 0.190. The molecule has 0 fully saturated rings. The fourth-order valence-electron chi connectivity index (χ4n) is 2.93. The van der Waals surface area contributed by atoms with Crippen LogP contribution in [-0.4, -0.2) is 37.0 Å². The van der Waals surface area contributed by atoms with Gasteiger partial charge in [-0.25, -0.2) is 14.4 Å². The summed E-state index contributed by atoms with van der Waals surface area (Å²) in [6.45, 7) is 1.69. The van der Waals surface area contributed by atoms with Gasteiger partial charge in [-0.1, -0.05) is 30.3 Å². The lowest BCUT2D eigenvalue weighted by atomic mass is 9.95. The summed E-state index contributed by atoms with van der Waals surface area (Å²) in [5.41, 5.74) is 1.97. The Kier molecular flexibility index (Phi) is 5.44. The Bertz CT molecular complexity index is 935. The Labute approximate surface area is 162 Å². The van der Waals surface area contributed by atoms with E-state index in [4.69, 9.17) is 9.47 Å². The molecule has 0 saturated heterocycles.